The minimum atomic E-state index is -0.774. The fourth-order valence-corrected chi connectivity index (χ4v) is 4.73. The van der Waals surface area contributed by atoms with Crippen molar-refractivity contribution in [1.29, 1.82) is 0 Å². The van der Waals surface area contributed by atoms with Gasteiger partial charge in [0, 0.05) is 45.1 Å². The van der Waals surface area contributed by atoms with Gasteiger partial charge in [-0.2, -0.15) is 0 Å². The van der Waals surface area contributed by atoms with Crippen molar-refractivity contribution in [2.45, 2.75) is 39.0 Å². The van der Waals surface area contributed by atoms with Crippen LogP contribution in [0, 0.1) is 24.7 Å². The van der Waals surface area contributed by atoms with Gasteiger partial charge in [0.25, 0.3) is 0 Å². The number of rotatable bonds is 5. The fourth-order valence-electron chi connectivity index (χ4n) is 4.73. The summed E-state index contributed by atoms with van der Waals surface area (Å²) >= 11 is 0. The van der Waals surface area contributed by atoms with Crippen LogP contribution in [0.25, 0.3) is 11.0 Å². The first-order valence-electron chi connectivity index (χ1n) is 10.5. The molecule has 3 heterocycles. The Morgan fingerprint density at radius 1 is 1.24 bits per heavy atom. The van der Waals surface area contributed by atoms with Gasteiger partial charge in [0.15, 0.2) is 0 Å². The molecule has 156 valence electrons. The molecule has 2 fully saturated rings. The van der Waals surface area contributed by atoms with Crippen molar-refractivity contribution in [2.75, 3.05) is 26.3 Å². The van der Waals surface area contributed by atoms with Gasteiger partial charge < -0.3 is 19.7 Å². The number of piperidine rings is 1. The first-order valence-corrected chi connectivity index (χ1v) is 10.5. The maximum atomic E-state index is 13.0. The quantitative estimate of drug-likeness (QED) is 0.806. The molecule has 2 atom stereocenters. The molecular formula is C22H29N3O4. The number of aliphatic carboxylic acids is 1. The van der Waals surface area contributed by atoms with Crippen molar-refractivity contribution in [1.82, 2.24) is 14.9 Å². The van der Waals surface area contributed by atoms with E-state index < -0.39 is 5.97 Å². The normalized spacial score (nSPS) is 23.4. The second-order valence-corrected chi connectivity index (χ2v) is 8.49. The summed E-state index contributed by atoms with van der Waals surface area (Å²) < 4.78 is 5.39. The molecule has 0 spiro atoms. The smallest absolute Gasteiger partial charge is 0.303 e. The molecule has 4 rings (SSSR count). The summed E-state index contributed by atoms with van der Waals surface area (Å²) in [5.74, 6) is 0.476. The fraction of sp³-hybridized carbons (Fsp3) is 0.591. The molecule has 7 nitrogen and oxygen atoms in total. The molecule has 2 aromatic rings. The lowest BCUT2D eigenvalue weighted by atomic mass is 9.80. The van der Waals surface area contributed by atoms with Crippen LogP contribution in [0.1, 0.15) is 37.1 Å². The van der Waals surface area contributed by atoms with Gasteiger partial charge in [0.1, 0.15) is 5.82 Å². The molecular weight excluding hydrogens is 370 g/mol. The zero-order chi connectivity index (χ0) is 20.4. The SMILES string of the molecule is Cc1ccc2nc(CC3CN(C(=O)C4CCOCC4)CCC3CC(=O)O)[nH]c2c1. The summed E-state index contributed by atoms with van der Waals surface area (Å²) in [6, 6.07) is 6.11. The number of aromatic amines is 1. The van der Waals surface area contributed by atoms with Crippen molar-refractivity contribution >= 4 is 22.9 Å². The summed E-state index contributed by atoms with van der Waals surface area (Å²) in [5.41, 5.74) is 3.09. The molecule has 2 N–H and O–H groups in total. The van der Waals surface area contributed by atoms with Gasteiger partial charge in [0.2, 0.25) is 5.91 Å². The van der Waals surface area contributed by atoms with Gasteiger partial charge in [-0.1, -0.05) is 6.07 Å². The lowest BCUT2D eigenvalue weighted by molar-refractivity contribution is -0.142. The Hall–Kier alpha value is -2.41. The third kappa shape index (κ3) is 4.61. The van der Waals surface area contributed by atoms with Crippen molar-refractivity contribution in [2.24, 2.45) is 17.8 Å². The molecule has 2 saturated heterocycles. The number of hydrogen-bond donors (Lipinski definition) is 2. The Kier molecular flexibility index (Phi) is 5.85. The number of aryl methyl sites for hydroxylation is 1. The van der Waals surface area contributed by atoms with Gasteiger partial charge in [0.05, 0.1) is 11.0 Å². The van der Waals surface area contributed by atoms with Crippen LogP contribution < -0.4 is 0 Å². The van der Waals surface area contributed by atoms with Crippen LogP contribution in [-0.2, 0) is 20.7 Å². The summed E-state index contributed by atoms with van der Waals surface area (Å²) in [6.07, 6.45) is 3.08. The second kappa shape index (κ2) is 8.53. The van der Waals surface area contributed by atoms with E-state index in [1.54, 1.807) is 0 Å². The number of imidazole rings is 1. The van der Waals surface area contributed by atoms with Crippen LogP contribution >= 0.6 is 0 Å². The standard InChI is InChI=1S/C22H29N3O4/c1-14-2-3-18-19(10-14)24-20(23-18)11-17-13-25(7-4-16(17)12-21(26)27)22(28)15-5-8-29-9-6-15/h2-3,10,15-17H,4-9,11-13H2,1H3,(H,23,24)(H,26,27). The number of nitrogens with one attached hydrogen (secondary N) is 1. The number of likely N-dealkylation sites (tertiary alicyclic amines) is 1. The van der Waals surface area contributed by atoms with Crippen LogP contribution in [0.2, 0.25) is 0 Å². The Balaban J connectivity index is 1.50. The van der Waals surface area contributed by atoms with E-state index in [9.17, 15) is 14.7 Å². The van der Waals surface area contributed by atoms with Crippen LogP contribution in [0.5, 0.6) is 0 Å². The predicted molar refractivity (Wildman–Crippen MR) is 109 cm³/mol. The van der Waals surface area contributed by atoms with Crippen molar-refractivity contribution in [3.05, 3.63) is 29.6 Å². The Bertz CT molecular complexity index is 887. The number of carbonyl (C=O) groups excluding carboxylic acids is 1. The van der Waals surface area contributed by atoms with Crippen molar-refractivity contribution in [3.63, 3.8) is 0 Å². The average molecular weight is 399 g/mol. The molecule has 2 unspecified atom stereocenters. The maximum Gasteiger partial charge on any atom is 0.303 e. The van der Waals surface area contributed by atoms with Crippen LogP contribution in [0.4, 0.5) is 0 Å². The molecule has 0 saturated carbocycles. The monoisotopic (exact) mass is 399 g/mol. The van der Waals surface area contributed by atoms with E-state index in [4.69, 9.17) is 9.72 Å². The molecule has 0 bridgehead atoms. The minimum absolute atomic E-state index is 0.0367. The maximum absolute atomic E-state index is 13.0. The van der Waals surface area contributed by atoms with E-state index in [2.05, 4.69) is 11.1 Å². The molecule has 1 aromatic carbocycles. The number of carboxylic acids is 1. The molecule has 1 amide bonds. The Labute approximate surface area is 170 Å². The van der Waals surface area contributed by atoms with E-state index in [1.165, 1.54) is 5.56 Å². The topological polar surface area (TPSA) is 95.5 Å². The van der Waals surface area contributed by atoms with Gasteiger partial charge in [-0.25, -0.2) is 4.98 Å². The zero-order valence-electron chi connectivity index (χ0n) is 16.9. The largest absolute Gasteiger partial charge is 0.481 e. The average Bonchev–Trinajstić information content (AvgIpc) is 3.10. The molecule has 1 aromatic heterocycles. The van der Waals surface area contributed by atoms with Crippen LogP contribution in [0.3, 0.4) is 0 Å². The number of benzene rings is 1. The number of aromatic nitrogens is 2. The van der Waals surface area contributed by atoms with Crippen molar-refractivity contribution in [3.8, 4) is 0 Å². The summed E-state index contributed by atoms with van der Waals surface area (Å²) in [7, 11) is 0. The van der Waals surface area contributed by atoms with Gasteiger partial charge in [-0.05, 0) is 55.7 Å². The number of nitrogens with zero attached hydrogens (tertiary/aromatic N) is 2. The summed E-state index contributed by atoms with van der Waals surface area (Å²) in [6.45, 7) is 4.58. The van der Waals surface area contributed by atoms with Crippen LogP contribution in [0.15, 0.2) is 18.2 Å². The van der Waals surface area contributed by atoms with E-state index >= 15 is 0 Å². The van der Waals surface area contributed by atoms with E-state index in [1.807, 2.05) is 24.0 Å². The molecule has 2 aliphatic rings. The zero-order valence-corrected chi connectivity index (χ0v) is 16.9. The third-order valence-electron chi connectivity index (χ3n) is 6.35. The molecule has 7 heteroatoms. The number of H-pyrrole nitrogens is 1. The van der Waals surface area contributed by atoms with E-state index in [0.29, 0.717) is 32.7 Å². The highest BCUT2D eigenvalue weighted by molar-refractivity contribution is 5.79. The summed E-state index contributed by atoms with van der Waals surface area (Å²) in [4.78, 5) is 34.4. The molecule has 2 aliphatic heterocycles. The number of ether oxygens (including phenoxy) is 1. The highest BCUT2D eigenvalue weighted by Gasteiger charge is 2.35. The Morgan fingerprint density at radius 3 is 2.79 bits per heavy atom. The van der Waals surface area contributed by atoms with Gasteiger partial charge in [-0.3, -0.25) is 9.59 Å². The lowest BCUT2D eigenvalue weighted by Gasteiger charge is -2.40. The molecule has 0 radical (unpaired) electrons. The second-order valence-electron chi connectivity index (χ2n) is 8.49. The number of fused-ring (bicyclic) bond motifs is 1. The highest BCUT2D eigenvalue weighted by atomic mass is 16.5. The van der Waals surface area contributed by atoms with Crippen LogP contribution in [-0.4, -0.2) is 58.2 Å². The third-order valence-corrected chi connectivity index (χ3v) is 6.35. The minimum Gasteiger partial charge on any atom is -0.481 e. The molecule has 29 heavy (non-hydrogen) atoms. The first kappa shape index (κ1) is 19.9. The number of carboxylic acid groups (broad SMARTS) is 1. The first-order chi connectivity index (χ1) is 14.0. The van der Waals surface area contributed by atoms with E-state index in [-0.39, 0.29) is 30.1 Å². The Morgan fingerprint density at radius 2 is 2.03 bits per heavy atom. The number of carbonyl (C=O) groups is 2. The lowest BCUT2D eigenvalue weighted by Crippen LogP contribution is -2.48. The number of hydrogen-bond acceptors (Lipinski definition) is 4. The van der Waals surface area contributed by atoms with Crippen molar-refractivity contribution < 1.29 is 19.4 Å². The van der Waals surface area contributed by atoms with E-state index in [0.717, 1.165) is 36.1 Å². The predicted octanol–water partition coefficient (Wildman–Crippen LogP) is 2.78. The van der Waals surface area contributed by atoms with Gasteiger partial charge >= 0.3 is 5.97 Å². The highest BCUT2D eigenvalue weighted by Crippen LogP contribution is 2.31. The van der Waals surface area contributed by atoms with Gasteiger partial charge in [-0.15, -0.1) is 0 Å². The summed E-state index contributed by atoms with van der Waals surface area (Å²) in [5, 5.41) is 9.36. The molecule has 0 aliphatic carbocycles. The number of amides is 1.